The van der Waals surface area contributed by atoms with Gasteiger partial charge < -0.3 is 10.4 Å². The molecule has 0 fully saturated rings. The lowest BCUT2D eigenvalue weighted by Crippen LogP contribution is -2.44. The highest BCUT2D eigenvalue weighted by Gasteiger charge is 2.24. The summed E-state index contributed by atoms with van der Waals surface area (Å²) in [6.07, 6.45) is 0.743. The Labute approximate surface area is 99.4 Å². The fourth-order valence-corrected chi connectivity index (χ4v) is 1.39. The number of aromatic nitrogens is 2. The molecule has 6 nitrogen and oxygen atoms in total. The van der Waals surface area contributed by atoms with Crippen molar-refractivity contribution in [1.29, 1.82) is 0 Å². The van der Waals surface area contributed by atoms with E-state index in [1.54, 1.807) is 19.9 Å². The van der Waals surface area contributed by atoms with Gasteiger partial charge in [0, 0.05) is 5.69 Å². The number of nitrogens with one attached hydrogen (secondary N) is 2. The Morgan fingerprint density at radius 3 is 2.59 bits per heavy atom. The van der Waals surface area contributed by atoms with E-state index < -0.39 is 17.9 Å². The van der Waals surface area contributed by atoms with Crippen LogP contribution in [-0.4, -0.2) is 33.2 Å². The quantitative estimate of drug-likeness (QED) is 0.708. The molecule has 0 aromatic carbocycles. The van der Waals surface area contributed by atoms with Crippen LogP contribution in [0.4, 0.5) is 0 Å². The maximum absolute atomic E-state index is 11.7. The molecular formula is C11H17N3O3. The zero-order chi connectivity index (χ0) is 13.0. The molecule has 1 unspecified atom stereocenters. The van der Waals surface area contributed by atoms with E-state index in [0.29, 0.717) is 0 Å². The number of amides is 1. The lowest BCUT2D eigenvalue weighted by atomic mass is 10.0. The second-order valence-electron chi connectivity index (χ2n) is 4.17. The van der Waals surface area contributed by atoms with E-state index in [1.807, 2.05) is 6.92 Å². The first kappa shape index (κ1) is 13.2. The smallest absolute Gasteiger partial charge is 0.326 e. The largest absolute Gasteiger partial charge is 0.480 e. The number of carboxylic acids is 1. The average molecular weight is 239 g/mol. The van der Waals surface area contributed by atoms with Crippen molar-refractivity contribution in [3.05, 3.63) is 17.5 Å². The molecule has 1 amide bonds. The Bertz CT molecular complexity index is 412. The number of hydrogen-bond acceptors (Lipinski definition) is 3. The Morgan fingerprint density at radius 1 is 1.53 bits per heavy atom. The molecule has 1 aromatic heterocycles. The van der Waals surface area contributed by atoms with Gasteiger partial charge in [-0.05, 0) is 18.4 Å². The minimum atomic E-state index is -1.04. The van der Waals surface area contributed by atoms with Gasteiger partial charge in [0.2, 0.25) is 0 Å². The van der Waals surface area contributed by atoms with Gasteiger partial charge in [-0.15, -0.1) is 0 Å². The molecule has 1 aromatic rings. The van der Waals surface area contributed by atoms with Crippen LogP contribution in [-0.2, 0) is 11.2 Å². The third-order valence-electron chi connectivity index (χ3n) is 2.46. The van der Waals surface area contributed by atoms with Crippen molar-refractivity contribution in [1.82, 2.24) is 15.5 Å². The van der Waals surface area contributed by atoms with Gasteiger partial charge in [-0.3, -0.25) is 9.89 Å². The van der Waals surface area contributed by atoms with Crippen molar-refractivity contribution < 1.29 is 14.7 Å². The van der Waals surface area contributed by atoms with E-state index in [9.17, 15) is 9.59 Å². The van der Waals surface area contributed by atoms with Crippen molar-refractivity contribution >= 4 is 11.9 Å². The molecule has 94 valence electrons. The summed E-state index contributed by atoms with van der Waals surface area (Å²) < 4.78 is 0. The van der Waals surface area contributed by atoms with Gasteiger partial charge in [-0.2, -0.15) is 5.10 Å². The molecule has 0 spiro atoms. The van der Waals surface area contributed by atoms with Gasteiger partial charge >= 0.3 is 5.97 Å². The molecule has 0 saturated carbocycles. The molecule has 0 saturated heterocycles. The lowest BCUT2D eigenvalue weighted by Gasteiger charge is -2.16. The van der Waals surface area contributed by atoms with Crippen LogP contribution in [0, 0.1) is 5.92 Å². The average Bonchev–Trinajstić information content (AvgIpc) is 2.73. The van der Waals surface area contributed by atoms with E-state index >= 15 is 0 Å². The maximum Gasteiger partial charge on any atom is 0.326 e. The first-order valence-electron chi connectivity index (χ1n) is 5.53. The molecule has 1 heterocycles. The standard InChI is InChI=1S/C11H17N3O3/c1-4-7-5-8(14-13-7)10(15)12-9(6(2)3)11(16)17/h5-6,9H,4H2,1-3H3,(H,12,15)(H,13,14)(H,16,17). The number of aromatic amines is 1. The highest BCUT2D eigenvalue weighted by Crippen LogP contribution is 2.05. The topological polar surface area (TPSA) is 95.1 Å². The SMILES string of the molecule is CCc1cc(C(=O)NC(C(=O)O)C(C)C)n[nH]1. The number of nitrogens with zero attached hydrogens (tertiary/aromatic N) is 1. The van der Waals surface area contributed by atoms with Crippen LogP contribution in [0.1, 0.15) is 37.0 Å². The monoisotopic (exact) mass is 239 g/mol. The predicted octanol–water partition coefficient (Wildman–Crippen LogP) is 0.811. The van der Waals surface area contributed by atoms with E-state index in [1.165, 1.54) is 0 Å². The number of hydrogen-bond donors (Lipinski definition) is 3. The molecule has 0 aliphatic carbocycles. The molecule has 0 aliphatic heterocycles. The van der Waals surface area contributed by atoms with E-state index in [2.05, 4.69) is 15.5 Å². The second-order valence-corrected chi connectivity index (χ2v) is 4.17. The number of H-pyrrole nitrogens is 1. The Hall–Kier alpha value is -1.85. The minimum Gasteiger partial charge on any atom is -0.480 e. The molecule has 1 rings (SSSR count). The van der Waals surface area contributed by atoms with Crippen molar-refractivity contribution in [2.75, 3.05) is 0 Å². The van der Waals surface area contributed by atoms with E-state index in [-0.39, 0.29) is 11.6 Å². The van der Waals surface area contributed by atoms with Crippen molar-refractivity contribution in [3.8, 4) is 0 Å². The zero-order valence-corrected chi connectivity index (χ0v) is 10.2. The lowest BCUT2D eigenvalue weighted by molar-refractivity contribution is -0.140. The van der Waals surface area contributed by atoms with Gasteiger partial charge in [0.15, 0.2) is 0 Å². The third kappa shape index (κ3) is 3.30. The molecule has 17 heavy (non-hydrogen) atoms. The Kier molecular flexibility index (Phi) is 4.25. The van der Waals surface area contributed by atoms with Gasteiger partial charge in [-0.25, -0.2) is 4.79 Å². The summed E-state index contributed by atoms with van der Waals surface area (Å²) in [5.41, 5.74) is 1.06. The summed E-state index contributed by atoms with van der Waals surface area (Å²) in [4.78, 5) is 22.7. The number of aryl methyl sites for hydroxylation is 1. The van der Waals surface area contributed by atoms with Crippen LogP contribution in [0.25, 0.3) is 0 Å². The highest BCUT2D eigenvalue weighted by atomic mass is 16.4. The number of rotatable bonds is 5. The summed E-state index contributed by atoms with van der Waals surface area (Å²) in [7, 11) is 0. The van der Waals surface area contributed by atoms with Crippen LogP contribution in [0.15, 0.2) is 6.07 Å². The molecule has 0 radical (unpaired) electrons. The molecule has 1 atom stereocenters. The second kappa shape index (κ2) is 5.47. The van der Waals surface area contributed by atoms with Crippen molar-refractivity contribution in [2.45, 2.75) is 33.2 Å². The van der Waals surface area contributed by atoms with Gasteiger partial charge in [0.25, 0.3) is 5.91 Å². The summed E-state index contributed by atoms with van der Waals surface area (Å²) in [5.74, 6) is -1.69. The summed E-state index contributed by atoms with van der Waals surface area (Å²) >= 11 is 0. The number of carbonyl (C=O) groups excluding carboxylic acids is 1. The Balaban J connectivity index is 2.73. The first-order chi connectivity index (χ1) is 7.95. The van der Waals surface area contributed by atoms with Gasteiger partial charge in [-0.1, -0.05) is 20.8 Å². The van der Waals surface area contributed by atoms with Crippen molar-refractivity contribution in [3.63, 3.8) is 0 Å². The first-order valence-corrected chi connectivity index (χ1v) is 5.53. The summed E-state index contributed by atoms with van der Waals surface area (Å²) in [6.45, 7) is 5.41. The third-order valence-corrected chi connectivity index (χ3v) is 2.46. The minimum absolute atomic E-state index is 0.180. The van der Waals surface area contributed by atoms with E-state index in [4.69, 9.17) is 5.11 Å². The summed E-state index contributed by atoms with van der Waals surface area (Å²) in [5, 5.41) is 17.9. The maximum atomic E-state index is 11.7. The summed E-state index contributed by atoms with van der Waals surface area (Å²) in [6, 6.07) is 0.721. The van der Waals surface area contributed by atoms with Crippen LogP contribution in [0.3, 0.4) is 0 Å². The fourth-order valence-electron chi connectivity index (χ4n) is 1.39. The fraction of sp³-hybridized carbons (Fsp3) is 0.545. The van der Waals surface area contributed by atoms with Gasteiger partial charge in [0.1, 0.15) is 11.7 Å². The molecule has 0 aliphatic rings. The number of aliphatic carboxylic acids is 1. The molecule has 6 heteroatoms. The van der Waals surface area contributed by atoms with Crippen LogP contribution in [0.5, 0.6) is 0 Å². The van der Waals surface area contributed by atoms with E-state index in [0.717, 1.165) is 12.1 Å². The highest BCUT2D eigenvalue weighted by molar-refractivity contribution is 5.95. The zero-order valence-electron chi connectivity index (χ0n) is 10.2. The number of carbonyl (C=O) groups is 2. The molecule has 3 N–H and O–H groups in total. The predicted molar refractivity (Wildman–Crippen MR) is 61.7 cm³/mol. The number of carboxylic acid groups (broad SMARTS) is 1. The van der Waals surface area contributed by atoms with Gasteiger partial charge in [0.05, 0.1) is 0 Å². The van der Waals surface area contributed by atoms with Crippen LogP contribution in [0.2, 0.25) is 0 Å². The van der Waals surface area contributed by atoms with Crippen LogP contribution < -0.4 is 5.32 Å². The Morgan fingerprint density at radius 2 is 2.18 bits per heavy atom. The van der Waals surface area contributed by atoms with Crippen molar-refractivity contribution in [2.24, 2.45) is 5.92 Å². The molecule has 0 bridgehead atoms. The molecular weight excluding hydrogens is 222 g/mol. The normalized spacial score (nSPS) is 12.5. The van der Waals surface area contributed by atoms with Crippen LogP contribution >= 0.6 is 0 Å².